The van der Waals surface area contributed by atoms with Crippen LogP contribution in [0, 0.1) is 0 Å². The number of hydrogen-bond donors (Lipinski definition) is 1. The van der Waals surface area contributed by atoms with Crippen LogP contribution in [0.2, 0.25) is 0 Å². The summed E-state index contributed by atoms with van der Waals surface area (Å²) in [6.45, 7) is 9.54. The molecule has 0 atom stereocenters. The molecule has 0 saturated carbocycles. The van der Waals surface area contributed by atoms with Gasteiger partial charge in [-0.15, -0.1) is 0 Å². The van der Waals surface area contributed by atoms with Gasteiger partial charge in [0.15, 0.2) is 0 Å². The smallest absolute Gasteiger partial charge is 0.142 e. The lowest BCUT2D eigenvalue weighted by Crippen LogP contribution is -2.35. The maximum absolute atomic E-state index is 3.67. The van der Waals surface area contributed by atoms with Gasteiger partial charge in [0, 0.05) is 11.4 Å². The summed E-state index contributed by atoms with van der Waals surface area (Å²) >= 11 is 0. The van der Waals surface area contributed by atoms with Crippen LogP contribution in [0.3, 0.4) is 0 Å². The van der Waals surface area contributed by atoms with E-state index in [2.05, 4.69) is 108 Å². The average molecular weight is 367 g/mol. The third-order valence-corrected chi connectivity index (χ3v) is 6.47. The Bertz CT molecular complexity index is 985. The lowest BCUT2D eigenvalue weighted by molar-refractivity contribution is 0.332. The highest BCUT2D eigenvalue weighted by Gasteiger charge is 2.37. The van der Waals surface area contributed by atoms with E-state index in [9.17, 15) is 0 Å². The van der Waals surface area contributed by atoms with E-state index < -0.39 is 0 Å². The molecule has 0 unspecified atom stereocenters. The Morgan fingerprint density at radius 1 is 0.714 bits per heavy atom. The second-order valence-corrected chi connectivity index (χ2v) is 9.55. The number of nitrogens with one attached hydrogen (secondary N) is 1. The molecular weight excluding hydrogens is 337 g/mol. The van der Waals surface area contributed by atoms with Gasteiger partial charge in [0.25, 0.3) is 0 Å². The van der Waals surface area contributed by atoms with E-state index in [0.717, 1.165) is 5.69 Å². The Labute approximate surface area is 170 Å². The average Bonchev–Trinajstić information content (AvgIpc) is 2.68. The van der Waals surface area contributed by atoms with Crippen molar-refractivity contribution in [3.05, 3.63) is 77.9 Å². The van der Waals surface area contributed by atoms with Crippen molar-refractivity contribution in [3.8, 4) is 11.1 Å². The molecular formula is C26H30BN. The van der Waals surface area contributed by atoms with Crippen LogP contribution in [0.1, 0.15) is 51.7 Å². The zero-order valence-electron chi connectivity index (χ0n) is 17.8. The van der Waals surface area contributed by atoms with Crippen molar-refractivity contribution in [2.24, 2.45) is 0 Å². The van der Waals surface area contributed by atoms with Crippen LogP contribution in [0.4, 0.5) is 11.4 Å². The molecule has 142 valence electrons. The van der Waals surface area contributed by atoms with Crippen LogP contribution in [0.5, 0.6) is 0 Å². The minimum Gasteiger partial charge on any atom is -0.356 e. The molecule has 0 radical (unpaired) electrons. The molecule has 4 rings (SSSR count). The molecule has 0 spiro atoms. The molecule has 0 heterocycles. The molecule has 0 amide bonds. The van der Waals surface area contributed by atoms with Crippen molar-refractivity contribution in [2.45, 2.75) is 51.4 Å². The van der Waals surface area contributed by atoms with Gasteiger partial charge in [-0.2, -0.15) is 0 Å². The Morgan fingerprint density at radius 2 is 1.25 bits per heavy atom. The molecule has 1 N–H and O–H groups in total. The van der Waals surface area contributed by atoms with Crippen molar-refractivity contribution in [1.29, 1.82) is 0 Å². The third kappa shape index (κ3) is 3.48. The van der Waals surface area contributed by atoms with Crippen molar-refractivity contribution in [2.75, 3.05) is 5.32 Å². The number of rotatable bonds is 3. The maximum atomic E-state index is 3.67. The first kappa shape index (κ1) is 18.9. The third-order valence-electron chi connectivity index (χ3n) is 6.47. The first-order chi connectivity index (χ1) is 13.3. The summed E-state index contributed by atoms with van der Waals surface area (Å²) < 4.78 is 0. The first-order valence-corrected chi connectivity index (χ1v) is 10.3. The summed E-state index contributed by atoms with van der Waals surface area (Å²) in [5.41, 5.74) is 9.67. The van der Waals surface area contributed by atoms with Crippen molar-refractivity contribution in [3.63, 3.8) is 0 Å². The molecule has 0 saturated heterocycles. The molecule has 3 aromatic carbocycles. The standard InChI is InChI=1S/C26H30BN/c1-25(2)14-15-26(3,4)22-17-24(23(27)16-21(22)25)28-20-12-10-19(11-13-20)18-8-6-5-7-9-18/h5-13,16-17,28H,14-15,27H2,1-4H3. The quantitative estimate of drug-likeness (QED) is 0.585. The molecule has 2 heteroatoms. The summed E-state index contributed by atoms with van der Waals surface area (Å²) in [7, 11) is 2.22. The van der Waals surface area contributed by atoms with Crippen molar-refractivity contribution >= 4 is 24.7 Å². The highest BCUT2D eigenvalue weighted by atomic mass is 14.9. The summed E-state index contributed by atoms with van der Waals surface area (Å²) in [5.74, 6) is 0. The Kier molecular flexibility index (Phi) is 4.61. The predicted octanol–water partition coefficient (Wildman–Crippen LogP) is 5.70. The van der Waals surface area contributed by atoms with Crippen LogP contribution in [-0.4, -0.2) is 7.85 Å². The van der Waals surface area contributed by atoms with E-state index in [4.69, 9.17) is 0 Å². The van der Waals surface area contributed by atoms with Gasteiger partial charge in [0.05, 0.1) is 0 Å². The van der Waals surface area contributed by atoms with Gasteiger partial charge in [0.2, 0.25) is 0 Å². The molecule has 1 nitrogen and oxygen atoms in total. The largest absolute Gasteiger partial charge is 0.356 e. The van der Waals surface area contributed by atoms with Crippen LogP contribution < -0.4 is 10.8 Å². The second-order valence-electron chi connectivity index (χ2n) is 9.55. The van der Waals surface area contributed by atoms with Crippen molar-refractivity contribution < 1.29 is 0 Å². The van der Waals surface area contributed by atoms with E-state index in [1.165, 1.54) is 46.2 Å². The molecule has 3 aromatic rings. The number of anilines is 2. The minimum absolute atomic E-state index is 0.228. The van der Waals surface area contributed by atoms with E-state index in [-0.39, 0.29) is 10.8 Å². The number of fused-ring (bicyclic) bond motifs is 1. The molecule has 1 aliphatic carbocycles. The highest BCUT2D eigenvalue weighted by Crippen LogP contribution is 2.46. The van der Waals surface area contributed by atoms with E-state index in [1.807, 2.05) is 0 Å². The number of benzene rings is 3. The highest BCUT2D eigenvalue weighted by molar-refractivity contribution is 6.36. The summed E-state index contributed by atoms with van der Waals surface area (Å²) in [5, 5.41) is 3.67. The Hall–Kier alpha value is -2.48. The molecule has 0 fully saturated rings. The fraction of sp³-hybridized carbons (Fsp3) is 0.308. The van der Waals surface area contributed by atoms with Crippen LogP contribution in [-0.2, 0) is 10.8 Å². The van der Waals surface area contributed by atoms with E-state index >= 15 is 0 Å². The Morgan fingerprint density at radius 3 is 1.86 bits per heavy atom. The fourth-order valence-electron chi connectivity index (χ4n) is 4.39. The van der Waals surface area contributed by atoms with Gasteiger partial charge in [-0.25, -0.2) is 0 Å². The molecule has 0 bridgehead atoms. The normalized spacial score (nSPS) is 17.0. The number of hydrogen-bond acceptors (Lipinski definition) is 1. The Balaban J connectivity index is 1.66. The van der Waals surface area contributed by atoms with E-state index in [1.54, 1.807) is 0 Å². The van der Waals surface area contributed by atoms with Gasteiger partial charge in [-0.05, 0) is 64.1 Å². The lowest BCUT2D eigenvalue weighted by atomic mass is 9.62. The van der Waals surface area contributed by atoms with Gasteiger partial charge in [-0.3, -0.25) is 0 Å². The summed E-state index contributed by atoms with van der Waals surface area (Å²) in [6, 6.07) is 24.1. The van der Waals surface area contributed by atoms with Crippen LogP contribution in [0.15, 0.2) is 66.7 Å². The molecule has 0 aliphatic heterocycles. The summed E-state index contributed by atoms with van der Waals surface area (Å²) in [6.07, 6.45) is 2.49. The van der Waals surface area contributed by atoms with Crippen LogP contribution in [0.25, 0.3) is 11.1 Å². The fourth-order valence-corrected chi connectivity index (χ4v) is 4.39. The van der Waals surface area contributed by atoms with E-state index in [0.29, 0.717) is 0 Å². The topological polar surface area (TPSA) is 12.0 Å². The molecule has 28 heavy (non-hydrogen) atoms. The van der Waals surface area contributed by atoms with Gasteiger partial charge in [-0.1, -0.05) is 81.7 Å². The SMILES string of the molecule is Bc1cc2c(cc1Nc1ccc(-c3ccccc3)cc1)C(C)(C)CCC2(C)C. The summed E-state index contributed by atoms with van der Waals surface area (Å²) in [4.78, 5) is 0. The van der Waals surface area contributed by atoms with Crippen LogP contribution >= 0.6 is 0 Å². The first-order valence-electron chi connectivity index (χ1n) is 10.3. The second kappa shape index (κ2) is 6.85. The monoisotopic (exact) mass is 367 g/mol. The van der Waals surface area contributed by atoms with Gasteiger partial charge in [0.1, 0.15) is 7.85 Å². The van der Waals surface area contributed by atoms with Gasteiger partial charge >= 0.3 is 0 Å². The zero-order valence-corrected chi connectivity index (χ0v) is 17.8. The predicted molar refractivity (Wildman–Crippen MR) is 125 cm³/mol. The van der Waals surface area contributed by atoms with Gasteiger partial charge < -0.3 is 5.32 Å². The zero-order chi connectivity index (χ0) is 19.9. The minimum atomic E-state index is 0.228. The lowest BCUT2D eigenvalue weighted by Gasteiger charge is -2.42. The maximum Gasteiger partial charge on any atom is 0.142 e. The molecule has 1 aliphatic rings. The van der Waals surface area contributed by atoms with Crippen molar-refractivity contribution in [1.82, 2.24) is 0 Å². The molecule has 0 aromatic heterocycles.